The first-order valence-electron chi connectivity index (χ1n) is 11.0. The van der Waals surface area contributed by atoms with Crippen molar-refractivity contribution in [2.75, 3.05) is 31.7 Å². The Morgan fingerprint density at radius 1 is 0.969 bits per heavy atom. The maximum atomic E-state index is 13.0. The van der Waals surface area contributed by atoms with Crippen LogP contribution < -0.4 is 10.6 Å². The van der Waals surface area contributed by atoms with E-state index in [-0.39, 0.29) is 6.61 Å². The zero-order chi connectivity index (χ0) is 23.1. The molecule has 1 fully saturated rings. The molecule has 7 heteroatoms. The molecule has 1 aliphatic heterocycles. The summed E-state index contributed by atoms with van der Waals surface area (Å²) in [6, 6.07) is 14.0. The number of hydrogen-bond donors (Lipinski definition) is 1. The van der Waals surface area contributed by atoms with Crippen molar-refractivity contribution in [3.05, 3.63) is 65.2 Å². The summed E-state index contributed by atoms with van der Waals surface area (Å²) in [6.07, 6.45) is 3.33. The number of benzene rings is 2. The minimum absolute atomic E-state index is 0.266. The Morgan fingerprint density at radius 2 is 1.62 bits per heavy atom. The number of ether oxygens (including phenoxy) is 2. The summed E-state index contributed by atoms with van der Waals surface area (Å²) in [7, 11) is 1.31. The Labute approximate surface area is 188 Å². The Hall–Kier alpha value is -3.35. The molecular formula is C25H30N2O5. The third-order valence-electron chi connectivity index (χ3n) is 5.84. The molecule has 1 amide bonds. The highest BCUT2D eigenvalue weighted by Gasteiger charge is 2.38. The zero-order valence-corrected chi connectivity index (χ0v) is 18.6. The summed E-state index contributed by atoms with van der Waals surface area (Å²) >= 11 is 0. The average molecular weight is 439 g/mol. The topological polar surface area (TPSA) is 98.9 Å². The highest BCUT2D eigenvalue weighted by atomic mass is 16.5. The van der Waals surface area contributed by atoms with Gasteiger partial charge in [-0.3, -0.25) is 9.59 Å². The van der Waals surface area contributed by atoms with Crippen LogP contribution in [-0.2, 0) is 19.1 Å². The molecule has 0 aromatic heterocycles. The predicted molar refractivity (Wildman–Crippen MR) is 122 cm³/mol. The van der Waals surface area contributed by atoms with Gasteiger partial charge >= 0.3 is 11.9 Å². The van der Waals surface area contributed by atoms with Gasteiger partial charge in [0.05, 0.1) is 31.1 Å². The van der Waals surface area contributed by atoms with Crippen LogP contribution in [0.1, 0.15) is 59.5 Å². The highest BCUT2D eigenvalue weighted by Crippen LogP contribution is 2.39. The van der Waals surface area contributed by atoms with Gasteiger partial charge in [-0.05, 0) is 55.5 Å². The SMILES string of the molecule is CCOC(=O)c1ccc(C(C(N)=O)C(C(=O)OC)c2ccccc2N2CCCCC2)cc1. The van der Waals surface area contributed by atoms with E-state index < -0.39 is 29.7 Å². The number of esters is 2. The number of rotatable bonds is 8. The number of para-hydroxylation sites is 1. The minimum atomic E-state index is -0.954. The Bertz CT molecular complexity index is 951. The molecule has 0 bridgehead atoms. The first-order chi connectivity index (χ1) is 15.5. The summed E-state index contributed by atoms with van der Waals surface area (Å²) in [4.78, 5) is 39.9. The van der Waals surface area contributed by atoms with E-state index in [0.29, 0.717) is 16.7 Å². The summed E-state index contributed by atoms with van der Waals surface area (Å²) in [5.41, 5.74) is 8.34. The lowest BCUT2D eigenvalue weighted by atomic mass is 9.79. The molecule has 2 aromatic rings. The molecule has 1 heterocycles. The van der Waals surface area contributed by atoms with E-state index in [1.165, 1.54) is 13.5 Å². The number of amides is 1. The van der Waals surface area contributed by atoms with Gasteiger partial charge in [-0.1, -0.05) is 30.3 Å². The molecular weight excluding hydrogens is 408 g/mol. The average Bonchev–Trinajstić information content (AvgIpc) is 2.82. The van der Waals surface area contributed by atoms with Crippen LogP contribution in [0.4, 0.5) is 5.69 Å². The van der Waals surface area contributed by atoms with Crippen molar-refractivity contribution >= 4 is 23.5 Å². The summed E-state index contributed by atoms with van der Waals surface area (Å²) < 4.78 is 10.1. The van der Waals surface area contributed by atoms with Gasteiger partial charge in [0.25, 0.3) is 0 Å². The van der Waals surface area contributed by atoms with Gasteiger partial charge in [-0.2, -0.15) is 0 Å². The van der Waals surface area contributed by atoms with Gasteiger partial charge in [0.15, 0.2) is 0 Å². The molecule has 2 aromatic carbocycles. The monoisotopic (exact) mass is 438 g/mol. The minimum Gasteiger partial charge on any atom is -0.469 e. The van der Waals surface area contributed by atoms with Crippen LogP contribution in [0.3, 0.4) is 0 Å². The number of primary amides is 1. The summed E-state index contributed by atoms with van der Waals surface area (Å²) in [6.45, 7) is 3.78. The molecule has 2 N–H and O–H groups in total. The van der Waals surface area contributed by atoms with E-state index in [1.807, 2.05) is 24.3 Å². The first-order valence-corrected chi connectivity index (χ1v) is 11.0. The van der Waals surface area contributed by atoms with Crippen LogP contribution in [0, 0.1) is 0 Å². The van der Waals surface area contributed by atoms with Gasteiger partial charge in [-0.25, -0.2) is 4.79 Å². The Morgan fingerprint density at radius 3 is 2.22 bits per heavy atom. The van der Waals surface area contributed by atoms with Gasteiger partial charge in [0.2, 0.25) is 5.91 Å². The molecule has 2 atom stereocenters. The van der Waals surface area contributed by atoms with E-state index in [9.17, 15) is 14.4 Å². The second-order valence-corrected chi connectivity index (χ2v) is 7.83. The van der Waals surface area contributed by atoms with Crippen molar-refractivity contribution in [2.45, 2.75) is 38.0 Å². The van der Waals surface area contributed by atoms with E-state index in [2.05, 4.69) is 4.90 Å². The number of carbonyl (C=O) groups is 3. The van der Waals surface area contributed by atoms with Crippen LogP contribution in [0.15, 0.2) is 48.5 Å². The van der Waals surface area contributed by atoms with Crippen LogP contribution >= 0.6 is 0 Å². The van der Waals surface area contributed by atoms with Crippen LogP contribution in [0.2, 0.25) is 0 Å². The highest BCUT2D eigenvalue weighted by molar-refractivity contribution is 5.94. The lowest BCUT2D eigenvalue weighted by Crippen LogP contribution is -2.35. The quantitative estimate of drug-likeness (QED) is 0.635. The fourth-order valence-corrected chi connectivity index (χ4v) is 4.30. The molecule has 1 saturated heterocycles. The predicted octanol–water partition coefficient (Wildman–Crippen LogP) is 3.38. The van der Waals surface area contributed by atoms with Crippen molar-refractivity contribution in [1.29, 1.82) is 0 Å². The smallest absolute Gasteiger partial charge is 0.338 e. The van der Waals surface area contributed by atoms with E-state index >= 15 is 0 Å². The lowest BCUT2D eigenvalue weighted by molar-refractivity contribution is -0.144. The number of methoxy groups -OCH3 is 1. The van der Waals surface area contributed by atoms with Crippen molar-refractivity contribution in [3.8, 4) is 0 Å². The second kappa shape index (κ2) is 10.8. The molecule has 3 rings (SSSR count). The summed E-state index contributed by atoms with van der Waals surface area (Å²) in [5, 5.41) is 0. The standard InChI is InChI=1S/C25H30N2O5/c1-3-32-24(29)18-13-11-17(12-14-18)21(23(26)28)22(25(30)31-2)19-9-5-6-10-20(19)27-15-7-4-8-16-27/h5-6,9-14,21-22H,3-4,7-8,15-16H2,1-2H3,(H2,26,28). The molecule has 170 valence electrons. The van der Waals surface area contributed by atoms with Gasteiger partial charge in [-0.15, -0.1) is 0 Å². The molecule has 0 saturated carbocycles. The number of carbonyl (C=O) groups excluding carboxylic acids is 3. The van der Waals surface area contributed by atoms with Crippen molar-refractivity contribution < 1.29 is 23.9 Å². The molecule has 0 radical (unpaired) electrons. The number of nitrogens with two attached hydrogens (primary N) is 1. The summed E-state index contributed by atoms with van der Waals surface area (Å²) in [5.74, 6) is -3.49. The fraction of sp³-hybridized carbons (Fsp3) is 0.400. The molecule has 1 aliphatic rings. The van der Waals surface area contributed by atoms with Gasteiger partial charge in [0, 0.05) is 18.8 Å². The Balaban J connectivity index is 2.05. The second-order valence-electron chi connectivity index (χ2n) is 7.83. The van der Waals surface area contributed by atoms with Crippen molar-refractivity contribution in [1.82, 2.24) is 0 Å². The third kappa shape index (κ3) is 5.10. The number of hydrogen-bond acceptors (Lipinski definition) is 6. The maximum absolute atomic E-state index is 13.0. The molecule has 2 unspecified atom stereocenters. The zero-order valence-electron chi connectivity index (χ0n) is 18.6. The molecule has 7 nitrogen and oxygen atoms in total. The number of nitrogens with zero attached hydrogens (tertiary/aromatic N) is 1. The maximum Gasteiger partial charge on any atom is 0.338 e. The van der Waals surface area contributed by atoms with Crippen molar-refractivity contribution in [3.63, 3.8) is 0 Å². The van der Waals surface area contributed by atoms with E-state index in [1.54, 1.807) is 31.2 Å². The third-order valence-corrected chi connectivity index (χ3v) is 5.84. The van der Waals surface area contributed by atoms with Crippen LogP contribution in [0.25, 0.3) is 0 Å². The molecule has 0 aliphatic carbocycles. The van der Waals surface area contributed by atoms with E-state index in [0.717, 1.165) is 31.6 Å². The van der Waals surface area contributed by atoms with E-state index in [4.69, 9.17) is 15.2 Å². The van der Waals surface area contributed by atoms with Crippen molar-refractivity contribution in [2.24, 2.45) is 5.73 Å². The molecule has 32 heavy (non-hydrogen) atoms. The van der Waals surface area contributed by atoms with Gasteiger partial charge < -0.3 is 20.1 Å². The number of anilines is 1. The van der Waals surface area contributed by atoms with Crippen LogP contribution in [-0.4, -0.2) is 44.7 Å². The largest absolute Gasteiger partial charge is 0.469 e. The fourth-order valence-electron chi connectivity index (χ4n) is 4.30. The molecule has 0 spiro atoms. The Kier molecular flexibility index (Phi) is 7.87. The lowest BCUT2D eigenvalue weighted by Gasteiger charge is -2.33. The first kappa shape index (κ1) is 23.3. The van der Waals surface area contributed by atoms with Gasteiger partial charge in [0.1, 0.15) is 0 Å². The number of piperidine rings is 1. The van der Waals surface area contributed by atoms with Crippen LogP contribution in [0.5, 0.6) is 0 Å². The normalized spacial score (nSPS) is 15.5.